The molecule has 0 aliphatic heterocycles. The normalized spacial score (nSPS) is 10.5. The molecule has 0 bridgehead atoms. The van der Waals surface area contributed by atoms with E-state index < -0.39 is 0 Å². The number of hydrogen-bond acceptors (Lipinski definition) is 2. The number of nitrogens with one attached hydrogen (secondary N) is 1. The summed E-state index contributed by atoms with van der Waals surface area (Å²) in [5.74, 6) is -0.197. The van der Waals surface area contributed by atoms with Gasteiger partial charge in [0.2, 0.25) is 0 Å². The summed E-state index contributed by atoms with van der Waals surface area (Å²) in [6.45, 7) is 4.06. The van der Waals surface area contributed by atoms with Gasteiger partial charge in [0.15, 0.2) is 0 Å². The van der Waals surface area contributed by atoms with Gasteiger partial charge in [0, 0.05) is 11.7 Å². The van der Waals surface area contributed by atoms with Gasteiger partial charge >= 0.3 is 0 Å². The molecule has 0 fully saturated rings. The number of hydrogen-bond donors (Lipinski definition) is 2. The number of nitrogens with two attached hydrogens (primary N) is 1. The summed E-state index contributed by atoms with van der Waals surface area (Å²) in [4.78, 5) is 11.9. The van der Waals surface area contributed by atoms with Gasteiger partial charge in [-0.05, 0) is 25.0 Å². The molecule has 0 heterocycles. The second-order valence-electron chi connectivity index (χ2n) is 3.69. The predicted molar refractivity (Wildman–Crippen MR) is 67.7 cm³/mol. The van der Waals surface area contributed by atoms with Crippen LogP contribution in [-0.4, -0.2) is 11.9 Å². The fraction of sp³-hybridized carbons (Fsp3) is 0.417. The van der Waals surface area contributed by atoms with Crippen molar-refractivity contribution in [1.29, 1.82) is 0 Å². The Kier molecular flexibility index (Phi) is 4.62. The highest BCUT2D eigenvalue weighted by molar-refractivity contribution is 6.34. The van der Waals surface area contributed by atoms with Crippen LogP contribution in [0.15, 0.2) is 18.2 Å². The maximum Gasteiger partial charge on any atom is 0.255 e. The first-order valence-electron chi connectivity index (χ1n) is 5.45. The van der Waals surface area contributed by atoms with Crippen LogP contribution in [0.4, 0.5) is 5.69 Å². The minimum atomic E-state index is -0.197. The van der Waals surface area contributed by atoms with Crippen molar-refractivity contribution in [2.45, 2.75) is 32.7 Å². The number of carbonyl (C=O) groups is 1. The van der Waals surface area contributed by atoms with Crippen LogP contribution in [0.2, 0.25) is 5.02 Å². The van der Waals surface area contributed by atoms with Crippen molar-refractivity contribution in [3.63, 3.8) is 0 Å². The number of carbonyl (C=O) groups excluding carboxylic acids is 1. The van der Waals surface area contributed by atoms with Gasteiger partial charge in [0.25, 0.3) is 5.91 Å². The minimum Gasteiger partial charge on any atom is -0.398 e. The third-order valence-corrected chi connectivity index (χ3v) is 2.91. The highest BCUT2D eigenvalue weighted by atomic mass is 35.5. The summed E-state index contributed by atoms with van der Waals surface area (Å²) in [5.41, 5.74) is 6.52. The Morgan fingerprint density at radius 1 is 1.44 bits per heavy atom. The quantitative estimate of drug-likeness (QED) is 0.796. The average Bonchev–Trinajstić information content (AvgIpc) is 2.25. The van der Waals surface area contributed by atoms with E-state index in [1.807, 2.05) is 13.8 Å². The predicted octanol–water partition coefficient (Wildman–Crippen LogP) is 2.84. The largest absolute Gasteiger partial charge is 0.398 e. The van der Waals surface area contributed by atoms with Crippen LogP contribution < -0.4 is 11.1 Å². The lowest BCUT2D eigenvalue weighted by atomic mass is 10.1. The molecule has 0 saturated heterocycles. The molecule has 0 spiro atoms. The van der Waals surface area contributed by atoms with Crippen LogP contribution in [0.3, 0.4) is 0 Å². The van der Waals surface area contributed by atoms with Gasteiger partial charge in [-0.15, -0.1) is 0 Å². The fourth-order valence-corrected chi connectivity index (χ4v) is 1.80. The second-order valence-corrected chi connectivity index (χ2v) is 4.10. The molecule has 3 nitrogen and oxygen atoms in total. The first kappa shape index (κ1) is 12.8. The minimum absolute atomic E-state index is 0.170. The lowest BCUT2D eigenvalue weighted by molar-refractivity contribution is 0.0936. The topological polar surface area (TPSA) is 55.1 Å². The van der Waals surface area contributed by atoms with Crippen LogP contribution in [0, 0.1) is 0 Å². The second kappa shape index (κ2) is 5.75. The summed E-state index contributed by atoms with van der Waals surface area (Å²) in [6, 6.07) is 5.24. The standard InChI is InChI=1S/C12H17ClN2O/c1-3-8(4-2)15-12(16)11-9(13)6-5-7-10(11)14/h5-8H,3-4,14H2,1-2H3,(H,15,16). The Bertz CT molecular complexity index is 355. The Morgan fingerprint density at radius 2 is 2.06 bits per heavy atom. The molecule has 88 valence electrons. The van der Waals surface area contributed by atoms with Crippen molar-refractivity contribution in [2.24, 2.45) is 0 Å². The summed E-state index contributed by atoms with van der Waals surface area (Å²) >= 11 is 5.95. The zero-order valence-corrected chi connectivity index (χ0v) is 10.3. The number of rotatable bonds is 4. The van der Waals surface area contributed by atoms with E-state index >= 15 is 0 Å². The van der Waals surface area contributed by atoms with Gasteiger partial charge in [0.1, 0.15) is 0 Å². The lowest BCUT2D eigenvalue weighted by Gasteiger charge is -2.16. The fourth-order valence-electron chi connectivity index (χ4n) is 1.53. The van der Waals surface area contributed by atoms with Crippen LogP contribution in [0.25, 0.3) is 0 Å². The number of halogens is 1. The molecule has 0 aliphatic rings. The maximum absolute atomic E-state index is 11.9. The zero-order chi connectivity index (χ0) is 12.1. The molecule has 1 rings (SSSR count). The first-order valence-corrected chi connectivity index (χ1v) is 5.82. The summed E-state index contributed by atoms with van der Waals surface area (Å²) in [5, 5.41) is 3.30. The zero-order valence-electron chi connectivity index (χ0n) is 9.59. The monoisotopic (exact) mass is 240 g/mol. The molecular weight excluding hydrogens is 224 g/mol. The Hall–Kier alpha value is -1.22. The smallest absolute Gasteiger partial charge is 0.255 e. The Balaban J connectivity index is 2.88. The molecule has 4 heteroatoms. The van der Waals surface area contributed by atoms with Gasteiger partial charge < -0.3 is 11.1 Å². The van der Waals surface area contributed by atoms with Gasteiger partial charge in [0.05, 0.1) is 10.6 Å². The van der Waals surface area contributed by atoms with E-state index in [4.69, 9.17) is 17.3 Å². The summed E-state index contributed by atoms with van der Waals surface area (Å²) in [6.07, 6.45) is 1.79. The van der Waals surface area contributed by atoms with Gasteiger partial charge in [-0.25, -0.2) is 0 Å². The molecule has 0 atom stereocenters. The molecular formula is C12H17ClN2O. The summed E-state index contributed by atoms with van der Waals surface area (Å²) in [7, 11) is 0. The van der Waals surface area contributed by atoms with E-state index in [2.05, 4.69) is 5.32 Å². The number of nitrogen functional groups attached to an aromatic ring is 1. The average molecular weight is 241 g/mol. The molecule has 3 N–H and O–H groups in total. The molecule has 0 unspecified atom stereocenters. The highest BCUT2D eigenvalue weighted by Gasteiger charge is 2.16. The van der Waals surface area contributed by atoms with Crippen LogP contribution in [0.1, 0.15) is 37.0 Å². The van der Waals surface area contributed by atoms with Crippen LogP contribution in [0.5, 0.6) is 0 Å². The van der Waals surface area contributed by atoms with Gasteiger partial charge in [-0.2, -0.15) is 0 Å². The number of benzene rings is 1. The number of amides is 1. The molecule has 0 aromatic heterocycles. The number of anilines is 1. The SMILES string of the molecule is CCC(CC)NC(=O)c1c(N)cccc1Cl. The molecule has 0 radical (unpaired) electrons. The molecule has 1 aromatic carbocycles. The van der Waals surface area contributed by atoms with Gasteiger partial charge in [-0.1, -0.05) is 31.5 Å². The molecule has 1 aromatic rings. The van der Waals surface area contributed by atoms with Crippen LogP contribution in [-0.2, 0) is 0 Å². The lowest BCUT2D eigenvalue weighted by Crippen LogP contribution is -2.34. The highest BCUT2D eigenvalue weighted by Crippen LogP contribution is 2.21. The Labute approximate surface area is 101 Å². The molecule has 0 aliphatic carbocycles. The molecule has 1 amide bonds. The first-order chi connectivity index (χ1) is 7.60. The van der Waals surface area contributed by atoms with E-state index in [-0.39, 0.29) is 11.9 Å². The van der Waals surface area contributed by atoms with E-state index in [1.165, 1.54) is 0 Å². The van der Waals surface area contributed by atoms with Gasteiger partial charge in [-0.3, -0.25) is 4.79 Å². The van der Waals surface area contributed by atoms with Crippen molar-refractivity contribution in [2.75, 3.05) is 5.73 Å². The van der Waals surface area contributed by atoms with Crippen molar-refractivity contribution in [3.8, 4) is 0 Å². The third-order valence-electron chi connectivity index (χ3n) is 2.59. The van der Waals surface area contributed by atoms with E-state index in [9.17, 15) is 4.79 Å². The van der Waals surface area contributed by atoms with Crippen molar-refractivity contribution >= 4 is 23.2 Å². The third kappa shape index (κ3) is 2.89. The van der Waals surface area contributed by atoms with Crippen molar-refractivity contribution in [1.82, 2.24) is 5.32 Å². The van der Waals surface area contributed by atoms with E-state index in [0.717, 1.165) is 12.8 Å². The van der Waals surface area contributed by atoms with Crippen LogP contribution >= 0.6 is 11.6 Å². The van der Waals surface area contributed by atoms with Crippen molar-refractivity contribution in [3.05, 3.63) is 28.8 Å². The summed E-state index contributed by atoms with van der Waals surface area (Å²) < 4.78 is 0. The molecule has 16 heavy (non-hydrogen) atoms. The van der Waals surface area contributed by atoms with E-state index in [0.29, 0.717) is 16.3 Å². The maximum atomic E-state index is 11.9. The molecule has 0 saturated carbocycles. The Morgan fingerprint density at radius 3 is 2.56 bits per heavy atom. The van der Waals surface area contributed by atoms with E-state index in [1.54, 1.807) is 18.2 Å². The van der Waals surface area contributed by atoms with Crippen molar-refractivity contribution < 1.29 is 4.79 Å².